The van der Waals surface area contributed by atoms with E-state index in [9.17, 15) is 29.8 Å². The van der Waals surface area contributed by atoms with Crippen LogP contribution in [0.1, 0.15) is 0 Å². The zero-order valence-corrected chi connectivity index (χ0v) is 22.1. The fourth-order valence-corrected chi connectivity index (χ4v) is 3.26. The monoisotopic (exact) mass is 530 g/mol. The van der Waals surface area contributed by atoms with Gasteiger partial charge in [-0.1, -0.05) is 54.6 Å². The van der Waals surface area contributed by atoms with Crippen molar-refractivity contribution in [1.82, 2.24) is 0 Å². The Morgan fingerprint density at radius 2 is 0.719 bits per heavy atom. The van der Waals surface area contributed by atoms with E-state index >= 15 is 0 Å². The minimum atomic E-state index is -4.25. The van der Waals surface area contributed by atoms with Crippen LogP contribution in [0.15, 0.2) is 106 Å². The van der Waals surface area contributed by atoms with Crippen molar-refractivity contribution in [2.75, 3.05) is 0 Å². The third-order valence-electron chi connectivity index (χ3n) is 3.11. The average molecular weight is 531 g/mol. The van der Waals surface area contributed by atoms with Crippen LogP contribution in [0.25, 0.3) is 0 Å². The zero-order valence-electron chi connectivity index (χ0n) is 16.6. The predicted molar refractivity (Wildman–Crippen MR) is 117 cm³/mol. The second kappa shape index (κ2) is 14.8. The largest absolute Gasteiger partial charge is 1.00 e. The van der Waals surface area contributed by atoms with Crippen molar-refractivity contribution in [3.05, 3.63) is 91.0 Å². The molecular formula is C18H19NaO9S4. The maximum atomic E-state index is 10.4. The quantitative estimate of drug-likeness (QED) is 0.338. The maximum absolute atomic E-state index is 10.4. The molecule has 0 aliphatic carbocycles. The van der Waals surface area contributed by atoms with Crippen molar-refractivity contribution in [2.24, 2.45) is 0 Å². The Hall–Kier alpha value is -1.26. The summed E-state index contributed by atoms with van der Waals surface area (Å²) >= 11 is 0. The molecule has 3 aromatic carbocycles. The van der Waals surface area contributed by atoms with Crippen LogP contribution in [0.4, 0.5) is 0 Å². The van der Waals surface area contributed by atoms with Gasteiger partial charge in [0.1, 0.15) is 10.1 Å². The minimum absolute atomic E-state index is 0. The van der Waals surface area contributed by atoms with Crippen molar-refractivity contribution in [3.63, 3.8) is 0 Å². The van der Waals surface area contributed by atoms with Crippen LogP contribution in [0.3, 0.4) is 0 Å². The van der Waals surface area contributed by atoms with Crippen molar-refractivity contribution in [3.8, 4) is 0 Å². The standard InChI is InChI=1S/3C6H6O3S.Na.H2S/c3*7-10(8,9)6-4-2-1-3-5-6;;/h3*1-5H,(H,7,8,9);;1H2/q;;;+1;/p-1. The molecule has 0 aliphatic rings. The molecule has 0 heterocycles. The number of rotatable bonds is 3. The third kappa shape index (κ3) is 13.3. The molecule has 3 rings (SSSR count). The SMILES string of the molecule is O=S(=O)(O)c1ccccc1.O=S(=O)(O)c1ccccc1.O=S(=O)([O-])c1ccccc1.S.[Na+]. The van der Waals surface area contributed by atoms with Gasteiger partial charge in [-0.25, -0.2) is 8.42 Å². The molecule has 0 aromatic heterocycles. The Balaban J connectivity index is 0. The van der Waals surface area contributed by atoms with Crippen molar-refractivity contribution in [1.29, 1.82) is 0 Å². The Kier molecular flexibility index (Phi) is 15.2. The van der Waals surface area contributed by atoms with Gasteiger partial charge in [0, 0.05) is 0 Å². The first-order valence-corrected chi connectivity index (χ1v) is 12.2. The van der Waals surface area contributed by atoms with Crippen LogP contribution in [0.2, 0.25) is 0 Å². The summed E-state index contributed by atoms with van der Waals surface area (Å²) in [7, 11) is -12.3. The summed E-state index contributed by atoms with van der Waals surface area (Å²) in [6.07, 6.45) is 0. The molecule has 0 atom stereocenters. The van der Waals surface area contributed by atoms with Crippen LogP contribution >= 0.6 is 13.5 Å². The van der Waals surface area contributed by atoms with Crippen LogP contribution in [0, 0.1) is 0 Å². The topological polar surface area (TPSA) is 166 Å². The van der Waals surface area contributed by atoms with Gasteiger partial charge in [-0.15, -0.1) is 0 Å². The van der Waals surface area contributed by atoms with Crippen molar-refractivity contribution < 1.29 is 68.5 Å². The Morgan fingerprint density at radius 1 is 0.500 bits per heavy atom. The van der Waals surface area contributed by atoms with E-state index in [0.717, 1.165) is 0 Å². The van der Waals surface area contributed by atoms with Gasteiger partial charge >= 0.3 is 29.6 Å². The molecule has 3 aromatic rings. The molecule has 0 saturated heterocycles. The maximum Gasteiger partial charge on any atom is 1.00 e. The normalized spacial score (nSPS) is 10.6. The van der Waals surface area contributed by atoms with E-state index in [1.807, 2.05) is 0 Å². The van der Waals surface area contributed by atoms with Crippen molar-refractivity contribution in [2.45, 2.75) is 14.7 Å². The molecule has 0 spiro atoms. The first kappa shape index (κ1) is 32.9. The molecule has 170 valence electrons. The average Bonchev–Trinajstić information content (AvgIpc) is 2.69. The van der Waals surface area contributed by atoms with Gasteiger partial charge in [-0.05, 0) is 36.4 Å². The molecule has 2 N–H and O–H groups in total. The summed E-state index contributed by atoms with van der Waals surface area (Å²) in [5.74, 6) is 0. The Labute approximate surface area is 216 Å². The van der Waals surface area contributed by atoms with Gasteiger partial charge in [0.2, 0.25) is 0 Å². The first-order chi connectivity index (χ1) is 13.8. The van der Waals surface area contributed by atoms with E-state index in [0.29, 0.717) is 0 Å². The molecule has 0 radical (unpaired) electrons. The van der Waals surface area contributed by atoms with Gasteiger partial charge < -0.3 is 4.55 Å². The van der Waals surface area contributed by atoms with Crippen molar-refractivity contribution >= 4 is 43.9 Å². The summed E-state index contributed by atoms with van der Waals surface area (Å²) in [6, 6.07) is 22.0. The van der Waals surface area contributed by atoms with Crippen LogP contribution in [-0.2, 0) is 30.4 Å². The third-order valence-corrected chi connectivity index (χ3v) is 5.70. The smallest absolute Gasteiger partial charge is 0.744 e. The molecule has 0 fully saturated rings. The van der Waals surface area contributed by atoms with Crippen LogP contribution < -0.4 is 29.6 Å². The Morgan fingerprint density at radius 3 is 0.844 bits per heavy atom. The number of benzene rings is 3. The van der Waals surface area contributed by atoms with Gasteiger partial charge in [-0.3, -0.25) is 9.11 Å². The summed E-state index contributed by atoms with van der Waals surface area (Å²) < 4.78 is 89.3. The Bertz CT molecular complexity index is 1070. The predicted octanol–water partition coefficient (Wildman–Crippen LogP) is -0.426. The van der Waals surface area contributed by atoms with E-state index in [1.54, 1.807) is 42.5 Å². The zero-order chi connectivity index (χ0) is 22.8. The minimum Gasteiger partial charge on any atom is -0.744 e. The van der Waals surface area contributed by atoms with E-state index in [1.165, 1.54) is 48.5 Å². The summed E-state index contributed by atoms with van der Waals surface area (Å²) in [5.41, 5.74) is 0. The molecule has 0 unspecified atom stereocenters. The molecule has 0 aliphatic heterocycles. The van der Waals surface area contributed by atoms with Gasteiger partial charge in [0.05, 0.1) is 14.7 Å². The van der Waals surface area contributed by atoms with E-state index in [2.05, 4.69) is 0 Å². The molecule has 32 heavy (non-hydrogen) atoms. The molecule has 9 nitrogen and oxygen atoms in total. The second-order valence-corrected chi connectivity index (χ2v) is 9.57. The summed E-state index contributed by atoms with van der Waals surface area (Å²) in [4.78, 5) is -0.333. The van der Waals surface area contributed by atoms with E-state index < -0.39 is 30.4 Å². The summed E-state index contributed by atoms with van der Waals surface area (Å²) in [5, 5.41) is 0. The van der Waals surface area contributed by atoms with Crippen LogP contribution in [-0.4, -0.2) is 38.9 Å². The number of hydrogen-bond acceptors (Lipinski definition) is 7. The molecule has 0 saturated carbocycles. The van der Waals surface area contributed by atoms with Crippen LogP contribution in [0.5, 0.6) is 0 Å². The summed E-state index contributed by atoms with van der Waals surface area (Å²) in [6.45, 7) is 0. The van der Waals surface area contributed by atoms with Gasteiger partial charge in [-0.2, -0.15) is 30.3 Å². The first-order valence-electron chi connectivity index (χ1n) is 7.88. The molecule has 0 bridgehead atoms. The fraction of sp³-hybridized carbons (Fsp3) is 0. The van der Waals surface area contributed by atoms with Gasteiger partial charge in [0.25, 0.3) is 20.2 Å². The molecule has 14 heteroatoms. The molecule has 0 amide bonds. The molecular weight excluding hydrogens is 511 g/mol. The van der Waals surface area contributed by atoms with E-state index in [4.69, 9.17) is 9.11 Å². The fourth-order valence-electron chi connectivity index (χ4n) is 1.77. The van der Waals surface area contributed by atoms with Gasteiger partial charge in [0.15, 0.2) is 0 Å². The van der Waals surface area contributed by atoms with E-state index in [-0.39, 0.29) is 57.7 Å². The second-order valence-electron chi connectivity index (χ2n) is 5.34. The number of hydrogen-bond donors (Lipinski definition) is 2.